The molecular formula is C20H29N3O2. The molecule has 1 aromatic rings. The zero-order chi connectivity index (χ0) is 17.6. The SMILES string of the molecule is CC(CC(=O)N1CCN(C(=O)c2ccccc2)CC1)C1CCNCC1. The Hall–Kier alpha value is -1.88. The summed E-state index contributed by atoms with van der Waals surface area (Å²) in [6, 6.07) is 9.38. The molecule has 1 atom stereocenters. The van der Waals surface area contributed by atoms with Crippen molar-refractivity contribution in [3.63, 3.8) is 0 Å². The summed E-state index contributed by atoms with van der Waals surface area (Å²) in [5, 5.41) is 3.38. The highest BCUT2D eigenvalue weighted by Gasteiger charge is 2.28. The average molecular weight is 343 g/mol. The van der Waals surface area contributed by atoms with Crippen molar-refractivity contribution in [2.75, 3.05) is 39.3 Å². The first-order chi connectivity index (χ1) is 12.1. The van der Waals surface area contributed by atoms with Crippen LogP contribution in [0.5, 0.6) is 0 Å². The molecule has 2 fully saturated rings. The number of piperazine rings is 1. The molecule has 1 aromatic carbocycles. The van der Waals surface area contributed by atoms with Crippen molar-refractivity contribution in [2.45, 2.75) is 26.2 Å². The van der Waals surface area contributed by atoms with Crippen LogP contribution in [0.2, 0.25) is 0 Å². The normalized spacial score (nSPS) is 20.4. The maximum Gasteiger partial charge on any atom is 0.253 e. The van der Waals surface area contributed by atoms with Crippen LogP contribution in [-0.2, 0) is 4.79 Å². The molecule has 2 aliphatic heterocycles. The van der Waals surface area contributed by atoms with Crippen molar-refractivity contribution in [1.29, 1.82) is 0 Å². The fourth-order valence-corrected chi connectivity index (χ4v) is 3.91. The van der Waals surface area contributed by atoms with Crippen LogP contribution >= 0.6 is 0 Å². The summed E-state index contributed by atoms with van der Waals surface area (Å²) in [6.07, 6.45) is 2.99. The topological polar surface area (TPSA) is 52.7 Å². The first-order valence-corrected chi connectivity index (χ1v) is 9.48. The fourth-order valence-electron chi connectivity index (χ4n) is 3.91. The zero-order valence-corrected chi connectivity index (χ0v) is 15.1. The smallest absolute Gasteiger partial charge is 0.253 e. The van der Waals surface area contributed by atoms with E-state index in [1.165, 1.54) is 12.8 Å². The Balaban J connectivity index is 1.46. The average Bonchev–Trinajstić information content (AvgIpc) is 2.69. The molecule has 0 saturated carbocycles. The van der Waals surface area contributed by atoms with Gasteiger partial charge in [0.25, 0.3) is 5.91 Å². The third-order valence-electron chi connectivity index (χ3n) is 5.63. The van der Waals surface area contributed by atoms with Gasteiger partial charge >= 0.3 is 0 Å². The molecule has 2 saturated heterocycles. The minimum absolute atomic E-state index is 0.0655. The largest absolute Gasteiger partial charge is 0.339 e. The summed E-state index contributed by atoms with van der Waals surface area (Å²) in [5.41, 5.74) is 0.724. The van der Waals surface area contributed by atoms with Crippen molar-refractivity contribution in [2.24, 2.45) is 11.8 Å². The molecule has 0 bridgehead atoms. The molecule has 0 radical (unpaired) electrons. The molecule has 5 heteroatoms. The monoisotopic (exact) mass is 343 g/mol. The fraction of sp³-hybridized carbons (Fsp3) is 0.600. The highest BCUT2D eigenvalue weighted by atomic mass is 16.2. The number of benzene rings is 1. The van der Waals surface area contributed by atoms with E-state index in [1.54, 1.807) is 0 Å². The van der Waals surface area contributed by atoms with Gasteiger partial charge in [0, 0.05) is 38.2 Å². The van der Waals surface area contributed by atoms with Crippen molar-refractivity contribution < 1.29 is 9.59 Å². The lowest BCUT2D eigenvalue weighted by Gasteiger charge is -2.36. The highest BCUT2D eigenvalue weighted by molar-refractivity contribution is 5.94. The van der Waals surface area contributed by atoms with Crippen LogP contribution in [0.25, 0.3) is 0 Å². The second-order valence-corrected chi connectivity index (χ2v) is 7.31. The van der Waals surface area contributed by atoms with E-state index in [0.717, 1.165) is 18.7 Å². The molecule has 3 rings (SSSR count). The van der Waals surface area contributed by atoms with Gasteiger partial charge in [-0.05, 0) is 49.9 Å². The molecule has 0 spiro atoms. The molecule has 5 nitrogen and oxygen atoms in total. The molecule has 2 aliphatic rings. The second kappa shape index (κ2) is 8.48. The Kier molecular flexibility index (Phi) is 6.08. The molecule has 1 unspecified atom stereocenters. The minimum atomic E-state index is 0.0655. The van der Waals surface area contributed by atoms with E-state index in [4.69, 9.17) is 0 Å². The number of carbonyl (C=O) groups is 2. The lowest BCUT2D eigenvalue weighted by molar-refractivity contribution is -0.134. The predicted octanol–water partition coefficient (Wildman–Crippen LogP) is 2.00. The van der Waals surface area contributed by atoms with Crippen LogP contribution in [-0.4, -0.2) is 60.9 Å². The van der Waals surface area contributed by atoms with E-state index in [-0.39, 0.29) is 11.8 Å². The van der Waals surface area contributed by atoms with Gasteiger partial charge in [0.05, 0.1) is 0 Å². The van der Waals surface area contributed by atoms with E-state index in [9.17, 15) is 9.59 Å². The number of carbonyl (C=O) groups excluding carboxylic acids is 2. The Morgan fingerprint density at radius 2 is 1.64 bits per heavy atom. The number of nitrogens with zero attached hydrogens (tertiary/aromatic N) is 2. The van der Waals surface area contributed by atoms with Gasteiger partial charge in [-0.3, -0.25) is 9.59 Å². The van der Waals surface area contributed by atoms with Gasteiger partial charge in [0.2, 0.25) is 5.91 Å². The van der Waals surface area contributed by atoms with Crippen molar-refractivity contribution in [3.05, 3.63) is 35.9 Å². The summed E-state index contributed by atoms with van der Waals surface area (Å²) in [7, 11) is 0. The van der Waals surface area contributed by atoms with Crippen LogP contribution in [0.3, 0.4) is 0 Å². The zero-order valence-electron chi connectivity index (χ0n) is 15.1. The molecule has 25 heavy (non-hydrogen) atoms. The third-order valence-corrected chi connectivity index (χ3v) is 5.63. The summed E-state index contributed by atoms with van der Waals surface area (Å²) >= 11 is 0. The third kappa shape index (κ3) is 4.60. The molecule has 2 heterocycles. The Labute approximate surface area is 150 Å². The summed E-state index contributed by atoms with van der Waals surface area (Å²) in [6.45, 7) is 6.91. The molecule has 136 valence electrons. The lowest BCUT2D eigenvalue weighted by atomic mass is 9.84. The first kappa shape index (κ1) is 17.9. The summed E-state index contributed by atoms with van der Waals surface area (Å²) < 4.78 is 0. The van der Waals surface area contributed by atoms with Crippen LogP contribution in [0.4, 0.5) is 0 Å². The molecular weight excluding hydrogens is 314 g/mol. The van der Waals surface area contributed by atoms with E-state index in [2.05, 4.69) is 12.2 Å². The van der Waals surface area contributed by atoms with Gasteiger partial charge in [-0.1, -0.05) is 25.1 Å². The number of rotatable bonds is 4. The van der Waals surface area contributed by atoms with Crippen LogP contribution in [0.1, 0.15) is 36.5 Å². The first-order valence-electron chi connectivity index (χ1n) is 9.48. The van der Waals surface area contributed by atoms with Gasteiger partial charge in [0.1, 0.15) is 0 Å². The highest BCUT2D eigenvalue weighted by Crippen LogP contribution is 2.25. The Morgan fingerprint density at radius 3 is 2.28 bits per heavy atom. The van der Waals surface area contributed by atoms with Gasteiger partial charge in [-0.15, -0.1) is 0 Å². The number of hydrogen-bond acceptors (Lipinski definition) is 3. The molecule has 0 aliphatic carbocycles. The van der Waals surface area contributed by atoms with Gasteiger partial charge in [-0.2, -0.15) is 0 Å². The maximum absolute atomic E-state index is 12.6. The second-order valence-electron chi connectivity index (χ2n) is 7.31. The van der Waals surface area contributed by atoms with E-state index < -0.39 is 0 Å². The molecule has 0 aromatic heterocycles. The lowest BCUT2D eigenvalue weighted by Crippen LogP contribution is -2.51. The molecule has 1 N–H and O–H groups in total. The van der Waals surface area contributed by atoms with E-state index in [1.807, 2.05) is 40.1 Å². The van der Waals surface area contributed by atoms with Gasteiger partial charge in [0.15, 0.2) is 0 Å². The minimum Gasteiger partial charge on any atom is -0.339 e. The summed E-state index contributed by atoms with van der Waals surface area (Å²) in [4.78, 5) is 28.9. The number of amides is 2. The van der Waals surface area contributed by atoms with Crippen LogP contribution < -0.4 is 5.32 Å². The predicted molar refractivity (Wildman–Crippen MR) is 98.3 cm³/mol. The summed E-state index contributed by atoms with van der Waals surface area (Å²) in [5.74, 6) is 1.42. The number of piperidine rings is 1. The van der Waals surface area contributed by atoms with Crippen LogP contribution in [0, 0.1) is 11.8 Å². The Morgan fingerprint density at radius 1 is 1.04 bits per heavy atom. The number of nitrogens with one attached hydrogen (secondary N) is 1. The van der Waals surface area contributed by atoms with Gasteiger partial charge in [-0.25, -0.2) is 0 Å². The van der Waals surface area contributed by atoms with Crippen molar-refractivity contribution in [1.82, 2.24) is 15.1 Å². The van der Waals surface area contributed by atoms with Crippen molar-refractivity contribution in [3.8, 4) is 0 Å². The van der Waals surface area contributed by atoms with Crippen molar-refractivity contribution >= 4 is 11.8 Å². The van der Waals surface area contributed by atoms with E-state index >= 15 is 0 Å². The standard InChI is InChI=1S/C20H29N3O2/c1-16(17-7-9-21-10-8-17)15-19(24)22-11-13-23(14-12-22)20(25)18-5-3-2-4-6-18/h2-6,16-17,21H,7-15H2,1H3. The maximum atomic E-state index is 12.6. The number of hydrogen-bond donors (Lipinski definition) is 1. The Bertz CT molecular complexity index is 576. The quantitative estimate of drug-likeness (QED) is 0.910. The van der Waals surface area contributed by atoms with E-state index in [0.29, 0.717) is 44.4 Å². The van der Waals surface area contributed by atoms with Gasteiger partial charge < -0.3 is 15.1 Å². The van der Waals surface area contributed by atoms with Crippen LogP contribution in [0.15, 0.2) is 30.3 Å². The molecule has 2 amide bonds.